The van der Waals surface area contributed by atoms with Gasteiger partial charge in [-0.25, -0.2) is 8.42 Å². The van der Waals surface area contributed by atoms with Crippen LogP contribution < -0.4 is 4.72 Å². The molecular weight excluding hydrogens is 422 g/mol. The molecule has 0 spiro atoms. The SMILES string of the molecule is Cc1ccc(NS(=O)(=O)c2cccc(C(=O)N3CCc4[nH]c5ccccc5c4C3)c2)cc1. The topological polar surface area (TPSA) is 82.3 Å². The largest absolute Gasteiger partial charge is 0.358 e. The number of para-hydroxylation sites is 1. The fraction of sp³-hybridized carbons (Fsp3) is 0.160. The molecule has 4 aromatic rings. The minimum absolute atomic E-state index is 0.0636. The number of rotatable bonds is 4. The number of aryl methyl sites for hydroxylation is 1. The number of carbonyl (C=O) groups excluding carboxylic acids is 1. The summed E-state index contributed by atoms with van der Waals surface area (Å²) in [6, 6.07) is 21.4. The van der Waals surface area contributed by atoms with Gasteiger partial charge in [0.15, 0.2) is 0 Å². The first-order chi connectivity index (χ1) is 15.4. The number of benzene rings is 3. The fourth-order valence-electron chi connectivity index (χ4n) is 4.15. The monoisotopic (exact) mass is 445 g/mol. The predicted molar refractivity (Wildman–Crippen MR) is 125 cm³/mol. The molecule has 0 aliphatic carbocycles. The zero-order chi connectivity index (χ0) is 22.3. The van der Waals surface area contributed by atoms with Crippen LogP contribution in [0.3, 0.4) is 0 Å². The molecule has 5 rings (SSSR count). The Morgan fingerprint density at radius 1 is 1.00 bits per heavy atom. The van der Waals surface area contributed by atoms with Crippen LogP contribution in [0.4, 0.5) is 5.69 Å². The van der Waals surface area contributed by atoms with E-state index in [2.05, 4.69) is 15.8 Å². The number of aromatic amines is 1. The molecule has 0 radical (unpaired) electrons. The third-order valence-electron chi connectivity index (χ3n) is 5.86. The summed E-state index contributed by atoms with van der Waals surface area (Å²) < 4.78 is 28.3. The molecule has 1 aliphatic rings. The van der Waals surface area contributed by atoms with E-state index in [1.54, 1.807) is 29.2 Å². The van der Waals surface area contributed by atoms with Crippen molar-refractivity contribution < 1.29 is 13.2 Å². The molecular formula is C25H23N3O3S. The molecule has 0 fully saturated rings. The number of nitrogens with zero attached hydrogens (tertiary/aromatic N) is 1. The lowest BCUT2D eigenvalue weighted by molar-refractivity contribution is 0.0735. The van der Waals surface area contributed by atoms with Crippen LogP contribution in [0.1, 0.15) is 27.2 Å². The Hall–Kier alpha value is -3.58. The van der Waals surface area contributed by atoms with Crippen molar-refractivity contribution in [2.75, 3.05) is 11.3 Å². The number of hydrogen-bond acceptors (Lipinski definition) is 3. The summed E-state index contributed by atoms with van der Waals surface area (Å²) in [5, 5.41) is 1.12. The molecule has 6 nitrogen and oxygen atoms in total. The van der Waals surface area contributed by atoms with Gasteiger partial charge in [-0.2, -0.15) is 0 Å². The number of H-pyrrole nitrogens is 1. The minimum Gasteiger partial charge on any atom is -0.358 e. The summed E-state index contributed by atoms with van der Waals surface area (Å²) in [4.78, 5) is 18.5. The molecule has 2 heterocycles. The van der Waals surface area contributed by atoms with Gasteiger partial charge in [0.1, 0.15) is 0 Å². The Bertz CT molecular complexity index is 1420. The van der Waals surface area contributed by atoms with Crippen LogP contribution >= 0.6 is 0 Å². The lowest BCUT2D eigenvalue weighted by atomic mass is 10.0. The van der Waals surface area contributed by atoms with Crippen LogP contribution in [0.15, 0.2) is 77.7 Å². The lowest BCUT2D eigenvalue weighted by Gasteiger charge is -2.27. The quantitative estimate of drug-likeness (QED) is 0.486. The van der Waals surface area contributed by atoms with Gasteiger partial charge in [0.2, 0.25) is 0 Å². The van der Waals surface area contributed by atoms with E-state index < -0.39 is 10.0 Å². The standard InChI is InChI=1S/C25H23N3O3S/c1-17-9-11-19(12-10-17)27-32(30,31)20-6-4-5-18(15-20)25(29)28-14-13-24-22(16-28)21-7-2-3-8-23(21)26-24/h2-12,15,26-27H,13-14,16H2,1H3. The van der Waals surface area contributed by atoms with E-state index in [1.165, 1.54) is 12.1 Å². The van der Waals surface area contributed by atoms with E-state index in [9.17, 15) is 13.2 Å². The van der Waals surface area contributed by atoms with Gasteiger partial charge < -0.3 is 9.88 Å². The van der Waals surface area contributed by atoms with Gasteiger partial charge in [-0.1, -0.05) is 42.0 Å². The first-order valence-electron chi connectivity index (χ1n) is 10.5. The number of hydrogen-bond donors (Lipinski definition) is 2. The van der Waals surface area contributed by atoms with Crippen molar-refractivity contribution in [2.45, 2.75) is 24.8 Å². The second-order valence-corrected chi connectivity index (χ2v) is 9.79. The first-order valence-corrected chi connectivity index (χ1v) is 12.0. The summed E-state index contributed by atoms with van der Waals surface area (Å²) in [5.74, 6) is -0.173. The van der Waals surface area contributed by atoms with Crippen LogP contribution in [0.2, 0.25) is 0 Å². The zero-order valence-electron chi connectivity index (χ0n) is 17.6. The number of carbonyl (C=O) groups is 1. The van der Waals surface area contributed by atoms with Crippen LogP contribution in [-0.4, -0.2) is 30.8 Å². The normalized spacial score (nSPS) is 13.7. The van der Waals surface area contributed by atoms with Gasteiger partial charge >= 0.3 is 0 Å². The molecule has 7 heteroatoms. The molecule has 162 valence electrons. The van der Waals surface area contributed by atoms with E-state index in [0.29, 0.717) is 24.3 Å². The molecule has 0 bridgehead atoms. The third kappa shape index (κ3) is 3.76. The molecule has 1 aliphatic heterocycles. The fourth-order valence-corrected chi connectivity index (χ4v) is 5.26. The number of anilines is 1. The van der Waals surface area contributed by atoms with Crippen molar-refractivity contribution in [3.05, 3.63) is 95.2 Å². The van der Waals surface area contributed by atoms with E-state index >= 15 is 0 Å². The second-order valence-electron chi connectivity index (χ2n) is 8.10. The highest BCUT2D eigenvalue weighted by atomic mass is 32.2. The molecule has 32 heavy (non-hydrogen) atoms. The maximum absolute atomic E-state index is 13.2. The van der Waals surface area contributed by atoms with Gasteiger partial charge in [0.25, 0.3) is 15.9 Å². The van der Waals surface area contributed by atoms with Crippen molar-refractivity contribution in [2.24, 2.45) is 0 Å². The molecule has 2 N–H and O–H groups in total. The van der Waals surface area contributed by atoms with Crippen LogP contribution in [0.25, 0.3) is 10.9 Å². The van der Waals surface area contributed by atoms with Gasteiger partial charge in [-0.05, 0) is 43.3 Å². The number of fused-ring (bicyclic) bond motifs is 3. The Balaban J connectivity index is 1.39. The number of aromatic nitrogens is 1. The van der Waals surface area contributed by atoms with E-state index in [4.69, 9.17) is 0 Å². The van der Waals surface area contributed by atoms with E-state index in [-0.39, 0.29) is 10.8 Å². The Kier molecular flexibility index (Phi) is 4.98. The van der Waals surface area contributed by atoms with Crippen LogP contribution in [-0.2, 0) is 23.0 Å². The van der Waals surface area contributed by atoms with E-state index in [1.807, 2.05) is 37.3 Å². The molecule has 0 saturated carbocycles. The molecule has 0 unspecified atom stereocenters. The third-order valence-corrected chi connectivity index (χ3v) is 7.24. The van der Waals surface area contributed by atoms with Crippen molar-refractivity contribution >= 4 is 32.5 Å². The maximum Gasteiger partial charge on any atom is 0.261 e. The van der Waals surface area contributed by atoms with Crippen LogP contribution in [0, 0.1) is 6.92 Å². The van der Waals surface area contributed by atoms with Crippen molar-refractivity contribution in [3.8, 4) is 0 Å². The number of nitrogens with one attached hydrogen (secondary N) is 2. The molecule has 0 saturated heterocycles. The molecule has 1 amide bonds. The van der Waals surface area contributed by atoms with Gasteiger partial charge in [-0.3, -0.25) is 9.52 Å². The smallest absolute Gasteiger partial charge is 0.261 e. The highest BCUT2D eigenvalue weighted by molar-refractivity contribution is 7.92. The summed E-state index contributed by atoms with van der Waals surface area (Å²) in [7, 11) is -3.81. The van der Waals surface area contributed by atoms with Crippen molar-refractivity contribution in [3.63, 3.8) is 0 Å². The Morgan fingerprint density at radius 3 is 2.59 bits per heavy atom. The Morgan fingerprint density at radius 2 is 1.78 bits per heavy atom. The molecule has 0 atom stereocenters. The van der Waals surface area contributed by atoms with Crippen LogP contribution in [0.5, 0.6) is 0 Å². The van der Waals surface area contributed by atoms with Crippen molar-refractivity contribution in [1.29, 1.82) is 0 Å². The zero-order valence-corrected chi connectivity index (χ0v) is 18.4. The average Bonchev–Trinajstić information content (AvgIpc) is 3.18. The van der Waals surface area contributed by atoms with Gasteiger partial charge in [0.05, 0.1) is 4.90 Å². The second kappa shape index (κ2) is 7.84. The first kappa shape index (κ1) is 20.3. The van der Waals surface area contributed by atoms with Gasteiger partial charge in [0, 0.05) is 52.9 Å². The highest BCUT2D eigenvalue weighted by Crippen LogP contribution is 2.28. The summed E-state index contributed by atoms with van der Waals surface area (Å²) in [6.07, 6.45) is 0.739. The summed E-state index contributed by atoms with van der Waals surface area (Å²) >= 11 is 0. The predicted octanol–water partition coefficient (Wildman–Crippen LogP) is 4.48. The number of sulfonamides is 1. The minimum atomic E-state index is -3.81. The molecule has 1 aromatic heterocycles. The maximum atomic E-state index is 13.2. The summed E-state index contributed by atoms with van der Waals surface area (Å²) in [5.41, 5.74) is 5.25. The molecule has 3 aromatic carbocycles. The Labute approximate surface area is 186 Å². The van der Waals surface area contributed by atoms with E-state index in [0.717, 1.165) is 34.1 Å². The van der Waals surface area contributed by atoms with Gasteiger partial charge in [-0.15, -0.1) is 0 Å². The van der Waals surface area contributed by atoms with Crippen molar-refractivity contribution in [1.82, 2.24) is 9.88 Å². The summed E-state index contributed by atoms with van der Waals surface area (Å²) in [6.45, 7) is 3.02. The number of amides is 1. The average molecular weight is 446 g/mol. The lowest BCUT2D eigenvalue weighted by Crippen LogP contribution is -2.35. The highest BCUT2D eigenvalue weighted by Gasteiger charge is 2.25.